The molecule has 4 heteroatoms. The van der Waals surface area contributed by atoms with Gasteiger partial charge in [-0.3, -0.25) is 0 Å². The number of para-hydroxylation sites is 1. The summed E-state index contributed by atoms with van der Waals surface area (Å²) in [4.78, 5) is 5.49. The Balaban J connectivity index is 2.05. The van der Waals surface area contributed by atoms with Crippen molar-refractivity contribution in [2.45, 2.75) is 9.92 Å². The van der Waals surface area contributed by atoms with E-state index >= 15 is 0 Å². The van der Waals surface area contributed by atoms with Crippen LogP contribution in [-0.4, -0.2) is 12.0 Å². The van der Waals surface area contributed by atoms with Crippen molar-refractivity contribution in [2.24, 2.45) is 0 Å². The van der Waals surface area contributed by atoms with Crippen LogP contribution in [-0.2, 0) is 0 Å². The smallest absolute Gasteiger partial charge is 0.107 e. The molecule has 1 aromatic carbocycles. The molecule has 0 aliphatic carbocycles. The fourth-order valence-corrected chi connectivity index (χ4v) is 3.29. The molecular weight excluding hydrogens is 236 g/mol. The first kappa shape index (κ1) is 11.4. The van der Waals surface area contributed by atoms with Crippen LogP contribution in [0.4, 0.5) is 5.69 Å². The minimum Gasteiger partial charge on any atom is -0.387 e. The number of aromatic nitrogens is 1. The molecule has 0 spiro atoms. The number of pyridine rings is 1. The summed E-state index contributed by atoms with van der Waals surface area (Å²) in [5.74, 6) is 0. The van der Waals surface area contributed by atoms with Gasteiger partial charge < -0.3 is 5.32 Å². The quantitative estimate of drug-likeness (QED) is 0.829. The molecule has 2 rings (SSSR count). The van der Waals surface area contributed by atoms with E-state index in [2.05, 4.69) is 22.4 Å². The van der Waals surface area contributed by atoms with Crippen LogP contribution >= 0.6 is 21.6 Å². The van der Waals surface area contributed by atoms with Crippen LogP contribution in [0, 0.1) is 0 Å². The van der Waals surface area contributed by atoms with Gasteiger partial charge in [0.05, 0.1) is 0 Å². The highest BCUT2D eigenvalue weighted by atomic mass is 33.1. The summed E-state index contributed by atoms with van der Waals surface area (Å²) in [6.07, 6.45) is 1.81. The molecule has 0 saturated heterocycles. The molecule has 0 atom stereocenters. The van der Waals surface area contributed by atoms with Crippen molar-refractivity contribution >= 4 is 27.3 Å². The number of benzene rings is 1. The summed E-state index contributed by atoms with van der Waals surface area (Å²) in [5.41, 5.74) is 1.15. The first-order valence-corrected chi connectivity index (χ1v) is 7.07. The summed E-state index contributed by atoms with van der Waals surface area (Å²) in [7, 11) is 5.32. The zero-order valence-electron chi connectivity index (χ0n) is 8.88. The highest BCUT2D eigenvalue weighted by Gasteiger charge is 2.02. The highest BCUT2D eigenvalue weighted by Crippen LogP contribution is 2.39. The van der Waals surface area contributed by atoms with Crippen molar-refractivity contribution in [2.75, 3.05) is 12.4 Å². The molecule has 0 bridgehead atoms. The van der Waals surface area contributed by atoms with Crippen LogP contribution in [0.25, 0.3) is 0 Å². The summed E-state index contributed by atoms with van der Waals surface area (Å²) < 4.78 is 0. The first-order valence-electron chi connectivity index (χ1n) is 4.92. The van der Waals surface area contributed by atoms with Crippen LogP contribution in [0.1, 0.15) is 0 Å². The van der Waals surface area contributed by atoms with Gasteiger partial charge in [-0.15, -0.1) is 0 Å². The minimum atomic E-state index is 1.03. The Labute approximate surface area is 103 Å². The van der Waals surface area contributed by atoms with Crippen LogP contribution in [0.15, 0.2) is 58.6 Å². The predicted octanol–water partition coefficient (Wildman–Crippen LogP) is 3.92. The van der Waals surface area contributed by atoms with Gasteiger partial charge in [0, 0.05) is 23.8 Å². The van der Waals surface area contributed by atoms with E-state index in [0.717, 1.165) is 10.7 Å². The summed E-state index contributed by atoms with van der Waals surface area (Å²) in [5, 5.41) is 4.20. The lowest BCUT2D eigenvalue weighted by Gasteiger charge is -2.06. The third-order valence-electron chi connectivity index (χ3n) is 2.01. The molecule has 0 amide bonds. The Morgan fingerprint density at radius 3 is 2.56 bits per heavy atom. The van der Waals surface area contributed by atoms with Crippen LogP contribution in [0.3, 0.4) is 0 Å². The number of hydrogen-bond donors (Lipinski definition) is 1. The molecule has 1 aromatic heterocycles. The largest absolute Gasteiger partial charge is 0.387 e. The molecule has 82 valence electrons. The van der Waals surface area contributed by atoms with Gasteiger partial charge >= 0.3 is 0 Å². The maximum absolute atomic E-state index is 4.27. The Morgan fingerprint density at radius 2 is 1.81 bits per heavy atom. The van der Waals surface area contributed by atoms with Gasteiger partial charge in [0.1, 0.15) is 5.03 Å². The molecule has 0 aliphatic rings. The van der Waals surface area contributed by atoms with E-state index in [1.807, 2.05) is 43.6 Å². The second kappa shape index (κ2) is 5.82. The number of nitrogens with one attached hydrogen (secondary N) is 1. The lowest BCUT2D eigenvalue weighted by molar-refractivity contribution is 1.14. The summed E-state index contributed by atoms with van der Waals surface area (Å²) in [6.45, 7) is 0. The fraction of sp³-hybridized carbons (Fsp3) is 0.0833. The van der Waals surface area contributed by atoms with Crippen LogP contribution < -0.4 is 5.32 Å². The molecule has 0 saturated carbocycles. The van der Waals surface area contributed by atoms with Crippen molar-refractivity contribution in [3.63, 3.8) is 0 Å². The molecule has 2 aromatic rings. The van der Waals surface area contributed by atoms with E-state index in [0.29, 0.717) is 0 Å². The van der Waals surface area contributed by atoms with Crippen molar-refractivity contribution in [3.05, 3.63) is 48.7 Å². The van der Waals surface area contributed by atoms with E-state index in [1.54, 1.807) is 21.6 Å². The van der Waals surface area contributed by atoms with Crippen LogP contribution in [0.5, 0.6) is 0 Å². The van der Waals surface area contributed by atoms with Crippen LogP contribution in [0.2, 0.25) is 0 Å². The Hall–Kier alpha value is -1.13. The van der Waals surface area contributed by atoms with E-state index in [-0.39, 0.29) is 0 Å². The van der Waals surface area contributed by atoms with Gasteiger partial charge in [0.2, 0.25) is 0 Å². The first-order chi connectivity index (χ1) is 7.90. The third-order valence-corrected chi connectivity index (χ3v) is 4.34. The lowest BCUT2D eigenvalue weighted by Crippen LogP contribution is -1.88. The van der Waals surface area contributed by atoms with E-state index in [4.69, 9.17) is 0 Å². The number of anilines is 1. The zero-order valence-corrected chi connectivity index (χ0v) is 10.5. The number of hydrogen-bond acceptors (Lipinski definition) is 4. The summed E-state index contributed by atoms with van der Waals surface area (Å²) in [6, 6.07) is 14.2. The number of nitrogens with zero attached hydrogens (tertiary/aromatic N) is 1. The van der Waals surface area contributed by atoms with E-state index in [1.165, 1.54) is 4.90 Å². The Morgan fingerprint density at radius 1 is 1.00 bits per heavy atom. The number of rotatable bonds is 4. The van der Waals surface area contributed by atoms with Gasteiger partial charge in [-0.25, -0.2) is 4.98 Å². The fourth-order valence-electron chi connectivity index (χ4n) is 1.23. The van der Waals surface area contributed by atoms with Gasteiger partial charge in [-0.2, -0.15) is 0 Å². The Kier molecular flexibility index (Phi) is 4.13. The second-order valence-electron chi connectivity index (χ2n) is 3.08. The average Bonchev–Trinajstić information content (AvgIpc) is 2.38. The van der Waals surface area contributed by atoms with E-state index in [9.17, 15) is 0 Å². The normalized spacial score (nSPS) is 10.1. The Bertz CT molecular complexity index is 446. The molecule has 16 heavy (non-hydrogen) atoms. The summed E-state index contributed by atoms with van der Waals surface area (Å²) >= 11 is 0. The SMILES string of the molecule is CNc1ccccc1SSc1ccccn1. The van der Waals surface area contributed by atoms with E-state index < -0.39 is 0 Å². The molecule has 0 unspecified atom stereocenters. The van der Waals surface area contributed by atoms with Crippen molar-refractivity contribution in [1.82, 2.24) is 4.98 Å². The van der Waals surface area contributed by atoms with Crippen molar-refractivity contribution in [1.29, 1.82) is 0 Å². The zero-order chi connectivity index (χ0) is 11.2. The average molecular weight is 248 g/mol. The second-order valence-corrected chi connectivity index (χ2v) is 5.27. The molecule has 2 nitrogen and oxygen atoms in total. The minimum absolute atomic E-state index is 1.03. The molecule has 0 fully saturated rings. The van der Waals surface area contributed by atoms with Gasteiger partial charge in [0.15, 0.2) is 0 Å². The predicted molar refractivity (Wildman–Crippen MR) is 71.9 cm³/mol. The standard InChI is InChI=1S/C12H12N2S2/c1-13-10-6-2-3-7-11(10)15-16-12-8-4-5-9-14-12/h2-9,13H,1H3. The lowest BCUT2D eigenvalue weighted by atomic mass is 10.3. The van der Waals surface area contributed by atoms with Gasteiger partial charge in [-0.05, 0) is 45.9 Å². The van der Waals surface area contributed by atoms with Crippen molar-refractivity contribution < 1.29 is 0 Å². The molecule has 0 aliphatic heterocycles. The monoisotopic (exact) mass is 248 g/mol. The van der Waals surface area contributed by atoms with Crippen molar-refractivity contribution in [3.8, 4) is 0 Å². The third kappa shape index (κ3) is 2.93. The topological polar surface area (TPSA) is 24.9 Å². The molecule has 1 heterocycles. The van der Waals surface area contributed by atoms with Gasteiger partial charge in [-0.1, -0.05) is 18.2 Å². The van der Waals surface area contributed by atoms with Gasteiger partial charge in [0.25, 0.3) is 0 Å². The maximum atomic E-state index is 4.27. The molecule has 0 radical (unpaired) electrons. The maximum Gasteiger partial charge on any atom is 0.107 e. The molecular formula is C12H12N2S2. The highest BCUT2D eigenvalue weighted by molar-refractivity contribution is 8.76. The molecule has 1 N–H and O–H groups in total.